The summed E-state index contributed by atoms with van der Waals surface area (Å²) in [5.74, 6) is -0.609. The van der Waals surface area contributed by atoms with E-state index in [2.05, 4.69) is 4.74 Å². The van der Waals surface area contributed by atoms with Crippen molar-refractivity contribution in [1.82, 2.24) is 0 Å². The molecule has 3 N–H and O–H groups in total. The number of aliphatic hydroxyl groups is 2. The van der Waals surface area contributed by atoms with Gasteiger partial charge in [0.2, 0.25) is 0 Å². The van der Waals surface area contributed by atoms with E-state index in [1.807, 2.05) is 0 Å². The number of aliphatic hydroxyl groups excluding tert-OH is 2. The first-order valence-electron chi connectivity index (χ1n) is 6.88. The van der Waals surface area contributed by atoms with Gasteiger partial charge in [-0.05, 0) is 6.42 Å². The van der Waals surface area contributed by atoms with Crippen molar-refractivity contribution in [2.75, 3.05) is 20.3 Å². The van der Waals surface area contributed by atoms with Gasteiger partial charge in [0, 0.05) is 25.5 Å². The molecule has 2 saturated heterocycles. The SMILES string of the molecule is [B][C@H]1C[C@@H](OC)[C@@H](COP(=O)(O)OC[C@@H]2CC(O)OC2O)O1. The van der Waals surface area contributed by atoms with Gasteiger partial charge in [0.15, 0.2) is 12.6 Å². The number of hydrogen-bond donors (Lipinski definition) is 3. The first-order chi connectivity index (χ1) is 10.3. The minimum Gasteiger partial charge on any atom is -0.380 e. The summed E-state index contributed by atoms with van der Waals surface area (Å²) in [7, 11) is 2.78. The Morgan fingerprint density at radius 2 is 1.91 bits per heavy atom. The van der Waals surface area contributed by atoms with Crippen molar-refractivity contribution in [2.24, 2.45) is 5.92 Å². The molecule has 0 aromatic heterocycles. The molecule has 0 amide bonds. The van der Waals surface area contributed by atoms with Gasteiger partial charge < -0.3 is 29.3 Å². The van der Waals surface area contributed by atoms with Crippen LogP contribution in [0.5, 0.6) is 0 Å². The number of methoxy groups -OCH3 is 1. The smallest absolute Gasteiger partial charge is 0.380 e. The molecule has 22 heavy (non-hydrogen) atoms. The standard InChI is InChI=1S/C11H20BO9P/c1-17-7-3-9(12)20-8(7)5-19-22(15,16)18-4-6-2-10(13)21-11(6)14/h6-11,13-14H,2-5H2,1H3,(H,15,16)/t6-,7+,8+,9+,10?,11?/m0/s1. The average molecular weight is 338 g/mol. The van der Waals surface area contributed by atoms with Crippen LogP contribution in [0.3, 0.4) is 0 Å². The van der Waals surface area contributed by atoms with Crippen LogP contribution in [0.2, 0.25) is 0 Å². The van der Waals surface area contributed by atoms with Crippen LogP contribution in [-0.4, -0.2) is 74.1 Å². The third-order valence-corrected chi connectivity index (χ3v) is 4.54. The summed E-state index contributed by atoms with van der Waals surface area (Å²) in [6.07, 6.45) is -2.68. The zero-order valence-electron chi connectivity index (χ0n) is 12.1. The number of hydrogen-bond acceptors (Lipinski definition) is 8. The van der Waals surface area contributed by atoms with Gasteiger partial charge in [-0.2, -0.15) is 0 Å². The summed E-state index contributed by atoms with van der Waals surface area (Å²) in [5.41, 5.74) is 0. The minimum atomic E-state index is -4.33. The quantitative estimate of drug-likeness (QED) is 0.400. The van der Waals surface area contributed by atoms with Gasteiger partial charge in [-0.25, -0.2) is 4.57 Å². The normalized spacial score (nSPS) is 41.6. The topological polar surface area (TPSA) is 124 Å². The van der Waals surface area contributed by atoms with Crippen LogP contribution >= 0.6 is 7.82 Å². The Bertz CT molecular complexity index is 411. The van der Waals surface area contributed by atoms with E-state index in [1.54, 1.807) is 0 Å². The van der Waals surface area contributed by atoms with E-state index in [-0.39, 0.29) is 25.7 Å². The van der Waals surface area contributed by atoms with E-state index >= 15 is 0 Å². The van der Waals surface area contributed by atoms with Crippen LogP contribution in [0.25, 0.3) is 0 Å². The second-order valence-electron chi connectivity index (χ2n) is 5.26. The molecule has 0 saturated carbocycles. The highest BCUT2D eigenvalue weighted by molar-refractivity contribution is 7.47. The molecule has 0 bridgehead atoms. The van der Waals surface area contributed by atoms with E-state index < -0.39 is 38.4 Å². The Hall–Kier alpha value is -0.0251. The largest absolute Gasteiger partial charge is 0.472 e. The van der Waals surface area contributed by atoms with Gasteiger partial charge in [-0.15, -0.1) is 0 Å². The van der Waals surface area contributed by atoms with Crippen molar-refractivity contribution in [3.05, 3.63) is 0 Å². The summed E-state index contributed by atoms with van der Waals surface area (Å²) in [5, 5.41) is 18.6. The second-order valence-corrected chi connectivity index (χ2v) is 6.71. The van der Waals surface area contributed by atoms with E-state index in [9.17, 15) is 19.7 Å². The Morgan fingerprint density at radius 1 is 1.23 bits per heavy atom. The Kier molecular flexibility index (Phi) is 6.41. The van der Waals surface area contributed by atoms with E-state index in [0.717, 1.165) is 0 Å². The molecule has 7 atom stereocenters. The molecule has 2 radical (unpaired) electrons. The summed E-state index contributed by atoms with van der Waals surface area (Å²) in [6.45, 7) is -0.503. The predicted molar refractivity (Wildman–Crippen MR) is 72.8 cm³/mol. The molecule has 126 valence electrons. The van der Waals surface area contributed by atoms with Crippen LogP contribution in [0.4, 0.5) is 0 Å². The van der Waals surface area contributed by atoms with Crippen LogP contribution in [-0.2, 0) is 27.8 Å². The fourth-order valence-electron chi connectivity index (χ4n) is 2.39. The molecule has 0 aromatic rings. The zero-order chi connectivity index (χ0) is 16.3. The highest BCUT2D eigenvalue weighted by atomic mass is 31.2. The number of rotatable bonds is 7. The highest BCUT2D eigenvalue weighted by Crippen LogP contribution is 2.45. The molecule has 2 heterocycles. The first kappa shape index (κ1) is 18.3. The Labute approximate surface area is 129 Å². The summed E-state index contributed by atoms with van der Waals surface area (Å²) < 4.78 is 36.6. The maximum Gasteiger partial charge on any atom is 0.472 e. The van der Waals surface area contributed by atoms with Gasteiger partial charge in [-0.3, -0.25) is 9.05 Å². The number of ether oxygens (including phenoxy) is 3. The lowest BCUT2D eigenvalue weighted by atomic mass is 9.96. The summed E-state index contributed by atoms with van der Waals surface area (Å²) in [4.78, 5) is 9.61. The predicted octanol–water partition coefficient (Wildman–Crippen LogP) is -0.908. The Balaban J connectivity index is 1.75. The third-order valence-electron chi connectivity index (χ3n) is 3.59. The first-order valence-corrected chi connectivity index (χ1v) is 8.37. The fourth-order valence-corrected chi connectivity index (χ4v) is 3.18. The molecule has 9 nitrogen and oxygen atoms in total. The molecule has 2 fully saturated rings. The molecule has 2 aliphatic heterocycles. The lowest BCUT2D eigenvalue weighted by Crippen LogP contribution is -2.28. The van der Waals surface area contributed by atoms with Crippen molar-refractivity contribution in [2.45, 2.75) is 43.6 Å². The van der Waals surface area contributed by atoms with Crippen molar-refractivity contribution in [1.29, 1.82) is 0 Å². The van der Waals surface area contributed by atoms with Crippen molar-refractivity contribution < 1.29 is 42.9 Å². The highest BCUT2D eigenvalue weighted by Gasteiger charge is 2.37. The Morgan fingerprint density at radius 3 is 2.50 bits per heavy atom. The molecule has 0 aromatic carbocycles. The number of phosphoric acid groups is 1. The van der Waals surface area contributed by atoms with Gasteiger partial charge in [-0.1, -0.05) is 0 Å². The average Bonchev–Trinajstić information content (AvgIpc) is 2.96. The van der Waals surface area contributed by atoms with Crippen LogP contribution in [0, 0.1) is 5.92 Å². The summed E-state index contributed by atoms with van der Waals surface area (Å²) in [6, 6.07) is -0.509. The molecule has 11 heteroatoms. The number of phosphoric ester groups is 1. The maximum absolute atomic E-state index is 11.8. The van der Waals surface area contributed by atoms with E-state index in [0.29, 0.717) is 6.42 Å². The lowest BCUT2D eigenvalue weighted by Gasteiger charge is -2.20. The van der Waals surface area contributed by atoms with Gasteiger partial charge in [0.25, 0.3) is 0 Å². The zero-order valence-corrected chi connectivity index (χ0v) is 13.0. The van der Waals surface area contributed by atoms with Gasteiger partial charge in [0.1, 0.15) is 14.0 Å². The van der Waals surface area contributed by atoms with E-state index in [4.69, 9.17) is 26.4 Å². The molecular formula is C11H20BO9P. The molecule has 0 spiro atoms. The molecule has 2 aliphatic rings. The van der Waals surface area contributed by atoms with E-state index in [1.165, 1.54) is 7.11 Å². The third kappa shape index (κ3) is 4.99. The summed E-state index contributed by atoms with van der Waals surface area (Å²) >= 11 is 0. The van der Waals surface area contributed by atoms with Crippen molar-refractivity contribution in [3.8, 4) is 0 Å². The fraction of sp³-hybridized carbons (Fsp3) is 1.00. The van der Waals surface area contributed by atoms with Gasteiger partial charge >= 0.3 is 7.82 Å². The van der Waals surface area contributed by atoms with Crippen molar-refractivity contribution in [3.63, 3.8) is 0 Å². The molecule has 0 aliphatic carbocycles. The maximum atomic E-state index is 11.8. The van der Waals surface area contributed by atoms with Gasteiger partial charge in [0.05, 0.1) is 19.3 Å². The van der Waals surface area contributed by atoms with Crippen LogP contribution in [0.1, 0.15) is 12.8 Å². The second kappa shape index (κ2) is 7.70. The minimum absolute atomic E-state index is 0.105. The molecule has 2 rings (SSSR count). The van der Waals surface area contributed by atoms with Crippen LogP contribution < -0.4 is 0 Å². The van der Waals surface area contributed by atoms with Crippen LogP contribution in [0.15, 0.2) is 0 Å². The molecular weight excluding hydrogens is 318 g/mol. The molecule has 3 unspecified atom stereocenters. The monoisotopic (exact) mass is 338 g/mol. The lowest BCUT2D eigenvalue weighted by molar-refractivity contribution is -0.170. The van der Waals surface area contributed by atoms with Crippen molar-refractivity contribution >= 4 is 15.7 Å².